The highest BCUT2D eigenvalue weighted by Crippen LogP contribution is 2.48. The third-order valence-corrected chi connectivity index (χ3v) is 4.60. The molecule has 0 aromatic heterocycles. The van der Waals surface area contributed by atoms with Crippen LogP contribution in [0.5, 0.6) is 0 Å². The van der Waals surface area contributed by atoms with Gasteiger partial charge in [-0.2, -0.15) is 5.26 Å². The topological polar surface area (TPSA) is 53.2 Å². The molecular formula is C14H23NO2. The van der Waals surface area contributed by atoms with E-state index in [0.29, 0.717) is 5.41 Å². The first-order valence-corrected chi connectivity index (χ1v) is 6.70. The van der Waals surface area contributed by atoms with Crippen LogP contribution in [0.15, 0.2) is 0 Å². The van der Waals surface area contributed by atoms with Crippen molar-refractivity contribution in [2.45, 2.75) is 64.6 Å². The van der Waals surface area contributed by atoms with Crippen molar-refractivity contribution in [1.29, 1.82) is 5.26 Å². The summed E-state index contributed by atoms with van der Waals surface area (Å²) in [5.74, 6) is 0. The zero-order valence-corrected chi connectivity index (χ0v) is 10.9. The summed E-state index contributed by atoms with van der Waals surface area (Å²) in [7, 11) is 0. The van der Waals surface area contributed by atoms with E-state index >= 15 is 0 Å². The summed E-state index contributed by atoms with van der Waals surface area (Å²) < 4.78 is 5.55. The van der Waals surface area contributed by atoms with E-state index in [0.717, 1.165) is 45.1 Å². The summed E-state index contributed by atoms with van der Waals surface area (Å²) in [5, 5.41) is 19.9. The van der Waals surface area contributed by atoms with Crippen molar-refractivity contribution >= 4 is 0 Å². The second kappa shape index (κ2) is 4.59. The minimum absolute atomic E-state index is 0.115. The number of nitrogens with zero attached hydrogens (tertiary/aromatic N) is 1. The van der Waals surface area contributed by atoms with Gasteiger partial charge in [-0.1, -0.05) is 13.8 Å². The lowest BCUT2D eigenvalue weighted by Gasteiger charge is -2.43. The molecule has 96 valence electrons. The number of aliphatic hydroxyl groups excluding tert-OH is 1. The molecule has 17 heavy (non-hydrogen) atoms. The Balaban J connectivity index is 2.07. The number of hydrogen-bond donors (Lipinski definition) is 1. The highest BCUT2D eigenvalue weighted by Gasteiger charge is 2.47. The van der Waals surface area contributed by atoms with Gasteiger partial charge in [0.15, 0.2) is 0 Å². The number of rotatable bonds is 2. The van der Waals surface area contributed by atoms with E-state index in [1.165, 1.54) is 0 Å². The Morgan fingerprint density at radius 1 is 1.29 bits per heavy atom. The van der Waals surface area contributed by atoms with Gasteiger partial charge in [0.1, 0.15) is 0 Å². The van der Waals surface area contributed by atoms with Crippen molar-refractivity contribution in [2.75, 3.05) is 6.61 Å². The van der Waals surface area contributed by atoms with Gasteiger partial charge in [0.05, 0.1) is 23.7 Å². The normalized spacial score (nSPS) is 32.9. The molecule has 2 atom stereocenters. The lowest BCUT2D eigenvalue weighted by Crippen LogP contribution is -2.45. The summed E-state index contributed by atoms with van der Waals surface area (Å²) in [4.78, 5) is 0. The van der Waals surface area contributed by atoms with Crippen LogP contribution < -0.4 is 0 Å². The Kier molecular flexibility index (Phi) is 3.47. The highest BCUT2D eigenvalue weighted by atomic mass is 16.5. The fourth-order valence-electron chi connectivity index (χ4n) is 3.05. The summed E-state index contributed by atoms with van der Waals surface area (Å²) in [5.41, 5.74) is -0.249. The van der Waals surface area contributed by atoms with Crippen LogP contribution in [0, 0.1) is 22.2 Å². The van der Waals surface area contributed by atoms with E-state index in [9.17, 15) is 10.4 Å². The summed E-state index contributed by atoms with van der Waals surface area (Å²) >= 11 is 0. The Morgan fingerprint density at radius 3 is 2.41 bits per heavy atom. The van der Waals surface area contributed by atoms with Crippen LogP contribution in [0.25, 0.3) is 0 Å². The SMILES string of the molecule is CC1(C)CCC(C#N)(C(O)C2CCCO2)CC1. The average Bonchev–Trinajstić information content (AvgIpc) is 2.82. The smallest absolute Gasteiger partial charge is 0.0987 e. The molecule has 0 aromatic carbocycles. The van der Waals surface area contributed by atoms with Crippen molar-refractivity contribution in [3.8, 4) is 6.07 Å². The maximum absolute atomic E-state index is 10.4. The van der Waals surface area contributed by atoms with Gasteiger partial charge < -0.3 is 9.84 Å². The van der Waals surface area contributed by atoms with E-state index in [-0.39, 0.29) is 6.10 Å². The van der Waals surface area contributed by atoms with Crippen molar-refractivity contribution in [1.82, 2.24) is 0 Å². The first-order chi connectivity index (χ1) is 7.99. The second-order valence-corrected chi connectivity index (χ2v) is 6.43. The lowest BCUT2D eigenvalue weighted by atomic mass is 9.62. The molecule has 1 heterocycles. The Morgan fingerprint density at radius 2 is 1.94 bits per heavy atom. The van der Waals surface area contributed by atoms with E-state index in [2.05, 4.69) is 19.9 Å². The van der Waals surface area contributed by atoms with Crippen LogP contribution in [0.1, 0.15) is 52.4 Å². The molecule has 2 unspecified atom stereocenters. The van der Waals surface area contributed by atoms with E-state index in [1.54, 1.807) is 0 Å². The molecule has 1 saturated carbocycles. The molecule has 3 heteroatoms. The first-order valence-electron chi connectivity index (χ1n) is 6.70. The Labute approximate surface area is 104 Å². The van der Waals surface area contributed by atoms with Gasteiger partial charge in [-0.05, 0) is 43.9 Å². The zero-order valence-electron chi connectivity index (χ0n) is 10.9. The third-order valence-electron chi connectivity index (χ3n) is 4.60. The fourth-order valence-corrected chi connectivity index (χ4v) is 3.05. The summed E-state index contributed by atoms with van der Waals surface area (Å²) in [6.07, 6.45) is 4.83. The number of nitriles is 1. The van der Waals surface area contributed by atoms with Gasteiger partial charge >= 0.3 is 0 Å². The lowest BCUT2D eigenvalue weighted by molar-refractivity contribution is -0.0750. The maximum Gasteiger partial charge on any atom is 0.0987 e. The zero-order chi connectivity index (χ0) is 12.5. The quantitative estimate of drug-likeness (QED) is 0.803. The van der Waals surface area contributed by atoms with Crippen molar-refractivity contribution < 1.29 is 9.84 Å². The van der Waals surface area contributed by atoms with Gasteiger partial charge in [-0.15, -0.1) is 0 Å². The first kappa shape index (κ1) is 12.9. The van der Waals surface area contributed by atoms with Crippen molar-refractivity contribution in [3.63, 3.8) is 0 Å². The standard InChI is InChI=1S/C14H23NO2/c1-13(2)5-7-14(10-15,8-6-13)12(16)11-4-3-9-17-11/h11-12,16H,3-9H2,1-2H3. The molecule has 1 aliphatic heterocycles. The predicted octanol–water partition coefficient (Wildman–Crippen LogP) is 2.64. The highest BCUT2D eigenvalue weighted by molar-refractivity contribution is 5.09. The molecule has 0 amide bonds. The molecule has 0 spiro atoms. The van der Waals surface area contributed by atoms with Gasteiger partial charge in [-0.3, -0.25) is 0 Å². The number of hydrogen-bond acceptors (Lipinski definition) is 3. The molecule has 1 N–H and O–H groups in total. The van der Waals surface area contributed by atoms with E-state index < -0.39 is 11.5 Å². The molecular weight excluding hydrogens is 214 g/mol. The average molecular weight is 237 g/mol. The van der Waals surface area contributed by atoms with E-state index in [1.807, 2.05) is 0 Å². The Hall–Kier alpha value is -0.590. The molecule has 3 nitrogen and oxygen atoms in total. The molecule has 2 fully saturated rings. The molecule has 0 bridgehead atoms. The molecule has 1 aliphatic carbocycles. The van der Waals surface area contributed by atoms with Crippen molar-refractivity contribution in [3.05, 3.63) is 0 Å². The summed E-state index contributed by atoms with van der Waals surface area (Å²) in [6, 6.07) is 2.40. The molecule has 2 rings (SSSR count). The second-order valence-electron chi connectivity index (χ2n) is 6.43. The summed E-state index contributed by atoms with van der Waals surface area (Å²) in [6.45, 7) is 5.22. The molecule has 0 aromatic rings. The van der Waals surface area contributed by atoms with Gasteiger partial charge in [0.25, 0.3) is 0 Å². The molecule has 1 saturated heterocycles. The van der Waals surface area contributed by atoms with Crippen molar-refractivity contribution in [2.24, 2.45) is 10.8 Å². The Bertz CT molecular complexity index is 303. The fraction of sp³-hybridized carbons (Fsp3) is 0.929. The van der Waals surface area contributed by atoms with Crippen LogP contribution in [-0.2, 0) is 4.74 Å². The van der Waals surface area contributed by atoms with Crippen LogP contribution in [0.4, 0.5) is 0 Å². The molecule has 2 aliphatic rings. The maximum atomic E-state index is 10.4. The number of ether oxygens (including phenoxy) is 1. The predicted molar refractivity (Wildman–Crippen MR) is 65.3 cm³/mol. The minimum atomic E-state index is -0.605. The van der Waals surface area contributed by atoms with Crippen LogP contribution in [-0.4, -0.2) is 23.9 Å². The van der Waals surface area contributed by atoms with Crippen LogP contribution >= 0.6 is 0 Å². The van der Waals surface area contributed by atoms with Gasteiger partial charge in [0, 0.05) is 6.61 Å². The number of aliphatic hydroxyl groups is 1. The third kappa shape index (κ3) is 2.48. The largest absolute Gasteiger partial charge is 0.389 e. The monoisotopic (exact) mass is 237 g/mol. The molecule has 0 radical (unpaired) electrons. The van der Waals surface area contributed by atoms with Crippen LogP contribution in [0.2, 0.25) is 0 Å². The minimum Gasteiger partial charge on any atom is -0.389 e. The van der Waals surface area contributed by atoms with Gasteiger partial charge in [-0.25, -0.2) is 0 Å². The van der Waals surface area contributed by atoms with Gasteiger partial charge in [0.2, 0.25) is 0 Å². The van der Waals surface area contributed by atoms with E-state index in [4.69, 9.17) is 4.74 Å². The van der Waals surface area contributed by atoms with Crippen LogP contribution in [0.3, 0.4) is 0 Å².